The van der Waals surface area contributed by atoms with Gasteiger partial charge in [0.2, 0.25) is 0 Å². The number of phosphoric acid groups is 2. The highest BCUT2D eigenvalue weighted by atomic mass is 31.2. The molecule has 0 aromatic heterocycles. The van der Waals surface area contributed by atoms with Gasteiger partial charge in [-0.15, -0.1) is 0 Å². The summed E-state index contributed by atoms with van der Waals surface area (Å²) in [6, 6.07) is 0. The average Bonchev–Trinajstić information content (AvgIpc) is 0.946. The Morgan fingerprint density at radius 1 is 0.290 bits per heavy atom. The van der Waals surface area contributed by atoms with E-state index in [2.05, 4.69) is 149 Å². The van der Waals surface area contributed by atoms with E-state index in [1.54, 1.807) is 0 Å². The molecule has 0 aromatic rings. The van der Waals surface area contributed by atoms with Gasteiger partial charge in [0.15, 0.2) is 12.2 Å². The van der Waals surface area contributed by atoms with Gasteiger partial charge in [-0.2, -0.15) is 0 Å². The van der Waals surface area contributed by atoms with Crippen LogP contribution in [0.1, 0.15) is 285 Å². The van der Waals surface area contributed by atoms with Crippen molar-refractivity contribution in [1.82, 2.24) is 0 Å². The van der Waals surface area contributed by atoms with Crippen LogP contribution in [0.4, 0.5) is 0 Å². The highest BCUT2D eigenvalue weighted by Crippen LogP contribution is 2.45. The van der Waals surface area contributed by atoms with E-state index in [-0.39, 0.29) is 25.7 Å². The fourth-order valence-corrected chi connectivity index (χ4v) is 11.1. The van der Waals surface area contributed by atoms with Crippen LogP contribution >= 0.6 is 15.6 Å². The molecule has 0 amide bonds. The third-order valence-electron chi connectivity index (χ3n) is 15.3. The minimum atomic E-state index is -5.01. The molecule has 0 fully saturated rings. The van der Waals surface area contributed by atoms with E-state index in [1.165, 1.54) is 51.4 Å². The number of carbonyl (C=O) groups excluding carboxylic acids is 4. The topological polar surface area (TPSA) is 237 Å². The maximum absolute atomic E-state index is 13.1. The Hall–Kier alpha value is -5.06. The number of unbranched alkanes of at least 4 members (excludes halogenated alkanes) is 20. The SMILES string of the molecule is CC/C=C\C/C=C\C/C=C\C/C=C\C/C=C\C/C=C\CCC(=O)OCC(COP(=O)(O)OCC(O)COP(=O)(O)OCC(COC(=O)CCCCCCC/C=C\CCCCCC)OC(=O)CCCCCCC/C=C\CCCCCC)OC(=O)CCCC/C=C\C/C=C\C/C=C\C/C=C\CC. The molecule has 0 rings (SSSR count). The lowest BCUT2D eigenvalue weighted by Gasteiger charge is -2.21. The van der Waals surface area contributed by atoms with Crippen LogP contribution in [0.2, 0.25) is 0 Å². The first-order valence-corrected chi connectivity index (χ1v) is 41.1. The van der Waals surface area contributed by atoms with Crippen molar-refractivity contribution in [3.05, 3.63) is 146 Å². The van der Waals surface area contributed by atoms with Gasteiger partial charge in [-0.25, -0.2) is 9.13 Å². The van der Waals surface area contributed by atoms with Gasteiger partial charge in [0.05, 0.1) is 26.4 Å². The van der Waals surface area contributed by atoms with E-state index >= 15 is 0 Å². The monoisotopic (exact) mass is 1440 g/mol. The quantitative estimate of drug-likeness (QED) is 0.0169. The molecule has 570 valence electrons. The zero-order valence-corrected chi connectivity index (χ0v) is 63.9. The largest absolute Gasteiger partial charge is 0.472 e. The summed E-state index contributed by atoms with van der Waals surface area (Å²) >= 11 is 0. The lowest BCUT2D eigenvalue weighted by atomic mass is 10.1. The second-order valence-corrected chi connectivity index (χ2v) is 27.7. The molecule has 0 saturated carbocycles. The molecule has 0 bridgehead atoms. The van der Waals surface area contributed by atoms with Crippen molar-refractivity contribution in [1.29, 1.82) is 0 Å². The zero-order chi connectivity index (χ0) is 73.2. The average molecular weight is 1440 g/mol. The van der Waals surface area contributed by atoms with Crippen LogP contribution in [0.25, 0.3) is 0 Å². The molecule has 5 unspecified atom stereocenters. The van der Waals surface area contributed by atoms with Gasteiger partial charge in [-0.1, -0.05) is 251 Å². The number of allylic oxidation sites excluding steroid dienone is 24. The number of aliphatic hydroxyl groups excluding tert-OH is 1. The van der Waals surface area contributed by atoms with E-state index in [9.17, 15) is 43.2 Å². The summed E-state index contributed by atoms with van der Waals surface area (Å²) in [6.07, 6.45) is 81.5. The maximum Gasteiger partial charge on any atom is 0.472 e. The van der Waals surface area contributed by atoms with Crippen LogP contribution < -0.4 is 0 Å². The molecule has 0 aliphatic carbocycles. The standard InChI is InChI=1S/C81H134O17P2/c1-5-9-13-17-21-25-29-33-35-36-37-38-40-43-46-50-54-58-62-66-79(84)92-72-77(98-81(86)68-64-60-56-52-48-44-39-34-30-26-22-18-14-10-6-2)74-96-100(89,90)94-70-75(82)69-93-99(87,88)95-73-76(97-80(85)67-63-59-55-51-47-42-32-28-24-20-16-12-8-4)71-91-78(83)65-61-57-53-49-45-41-31-27-23-19-15-11-7-3/h9-10,13-14,21-22,25-28,31-35,37-39,43,46,48,52,54,58,75-77,82H,5-8,11-12,15-20,23-24,29-30,36,40-42,44-45,47,49-51,53,55-57,59-74H2,1-4H3,(H,87,88)(H,89,90)/b13-9-,14-10-,25-21-,26-22-,31-27-,32-28-,35-33-,38-37-,39-34-,46-43-,52-48-,58-54-. The van der Waals surface area contributed by atoms with Crippen molar-refractivity contribution < 1.29 is 80.2 Å². The molecule has 3 N–H and O–H groups in total. The van der Waals surface area contributed by atoms with E-state index in [0.717, 1.165) is 141 Å². The predicted octanol–water partition coefficient (Wildman–Crippen LogP) is 21.9. The van der Waals surface area contributed by atoms with Gasteiger partial charge in [0.25, 0.3) is 0 Å². The van der Waals surface area contributed by atoms with Crippen molar-refractivity contribution in [3.63, 3.8) is 0 Å². The molecule has 0 aliphatic rings. The Morgan fingerprint density at radius 2 is 0.540 bits per heavy atom. The number of hydrogen-bond donors (Lipinski definition) is 3. The molecular formula is C81H134O17P2. The molecule has 5 atom stereocenters. The van der Waals surface area contributed by atoms with Gasteiger partial charge >= 0.3 is 39.5 Å². The van der Waals surface area contributed by atoms with Crippen LogP contribution in [0.3, 0.4) is 0 Å². The number of carbonyl (C=O) groups is 4. The van der Waals surface area contributed by atoms with Gasteiger partial charge in [0, 0.05) is 25.7 Å². The molecule has 0 radical (unpaired) electrons. The molecule has 0 spiro atoms. The molecule has 19 heteroatoms. The summed E-state index contributed by atoms with van der Waals surface area (Å²) in [5.74, 6) is -2.35. The number of aliphatic hydroxyl groups is 1. The first-order chi connectivity index (χ1) is 48.7. The molecular weight excluding hydrogens is 1310 g/mol. The lowest BCUT2D eigenvalue weighted by molar-refractivity contribution is -0.161. The van der Waals surface area contributed by atoms with Gasteiger partial charge < -0.3 is 33.8 Å². The Balaban J connectivity index is 5.47. The molecule has 17 nitrogen and oxygen atoms in total. The summed E-state index contributed by atoms with van der Waals surface area (Å²) in [7, 11) is -9.99. The molecule has 0 aromatic carbocycles. The van der Waals surface area contributed by atoms with Crippen molar-refractivity contribution in [2.45, 2.75) is 303 Å². The summed E-state index contributed by atoms with van der Waals surface area (Å²) < 4.78 is 68.3. The fraction of sp³-hybridized carbons (Fsp3) is 0.654. The van der Waals surface area contributed by atoms with Crippen molar-refractivity contribution in [2.24, 2.45) is 0 Å². The summed E-state index contributed by atoms with van der Waals surface area (Å²) in [5.41, 5.74) is 0. The van der Waals surface area contributed by atoms with Crippen LogP contribution in [0, 0.1) is 0 Å². The summed E-state index contributed by atoms with van der Waals surface area (Å²) in [5, 5.41) is 10.6. The summed E-state index contributed by atoms with van der Waals surface area (Å²) in [6.45, 7) is 4.44. The van der Waals surface area contributed by atoms with Crippen LogP contribution in [0.5, 0.6) is 0 Å². The highest BCUT2D eigenvalue weighted by Gasteiger charge is 2.30. The lowest BCUT2D eigenvalue weighted by Crippen LogP contribution is -2.30. The maximum atomic E-state index is 13.1. The number of phosphoric ester groups is 2. The Kier molecular flexibility index (Phi) is 68.6. The van der Waals surface area contributed by atoms with E-state index in [4.69, 9.17) is 37.0 Å². The molecule has 0 saturated heterocycles. The van der Waals surface area contributed by atoms with Crippen LogP contribution in [0.15, 0.2) is 146 Å². The smallest absolute Gasteiger partial charge is 0.462 e. The molecule has 100 heavy (non-hydrogen) atoms. The van der Waals surface area contributed by atoms with Gasteiger partial charge in [-0.05, 0) is 154 Å². The minimum Gasteiger partial charge on any atom is -0.462 e. The third kappa shape index (κ3) is 71.3. The Morgan fingerprint density at radius 3 is 0.890 bits per heavy atom. The normalized spacial score (nSPS) is 14.8. The molecule has 0 heterocycles. The number of hydrogen-bond acceptors (Lipinski definition) is 15. The van der Waals surface area contributed by atoms with Crippen LogP contribution in [-0.4, -0.2) is 96.7 Å². The first-order valence-electron chi connectivity index (χ1n) is 38.1. The van der Waals surface area contributed by atoms with E-state index in [1.807, 2.05) is 24.3 Å². The third-order valence-corrected chi connectivity index (χ3v) is 17.2. The summed E-state index contributed by atoms with van der Waals surface area (Å²) in [4.78, 5) is 72.8. The first kappa shape index (κ1) is 94.9. The Labute approximate surface area is 605 Å². The van der Waals surface area contributed by atoms with Crippen molar-refractivity contribution in [3.8, 4) is 0 Å². The number of ether oxygens (including phenoxy) is 4. The van der Waals surface area contributed by atoms with E-state index in [0.29, 0.717) is 38.5 Å². The van der Waals surface area contributed by atoms with Crippen molar-refractivity contribution >= 4 is 39.5 Å². The fourth-order valence-electron chi connectivity index (χ4n) is 9.52. The number of rotatable bonds is 70. The van der Waals surface area contributed by atoms with Crippen molar-refractivity contribution in [2.75, 3.05) is 39.6 Å². The van der Waals surface area contributed by atoms with Gasteiger partial charge in [0.1, 0.15) is 19.3 Å². The highest BCUT2D eigenvalue weighted by molar-refractivity contribution is 7.47. The predicted molar refractivity (Wildman–Crippen MR) is 408 cm³/mol. The molecule has 0 aliphatic heterocycles. The minimum absolute atomic E-state index is 0.0220. The zero-order valence-electron chi connectivity index (χ0n) is 62.1. The second kappa shape index (κ2) is 72.3. The Bertz CT molecular complexity index is 2470. The van der Waals surface area contributed by atoms with E-state index < -0.39 is 97.5 Å². The second-order valence-electron chi connectivity index (χ2n) is 24.8. The number of esters is 4. The van der Waals surface area contributed by atoms with Gasteiger partial charge in [-0.3, -0.25) is 37.3 Å². The van der Waals surface area contributed by atoms with Crippen LogP contribution in [-0.2, 0) is 65.4 Å².